The van der Waals surface area contributed by atoms with E-state index in [0.29, 0.717) is 6.54 Å². The Balaban J connectivity index is 2.26. The van der Waals surface area contributed by atoms with Crippen LogP contribution in [0.25, 0.3) is 11.3 Å². The fourth-order valence-corrected chi connectivity index (χ4v) is 2.06. The molecule has 2 aromatic rings. The minimum atomic E-state index is 0.702. The summed E-state index contributed by atoms with van der Waals surface area (Å²) in [5.41, 5.74) is 8.78. The number of nitrogens with two attached hydrogens (primary N) is 1. The molecule has 0 spiro atoms. The van der Waals surface area contributed by atoms with Crippen molar-refractivity contribution >= 4 is 15.9 Å². The maximum absolute atomic E-state index is 5.50. The highest BCUT2D eigenvalue weighted by atomic mass is 79.9. The fourth-order valence-electron chi connectivity index (χ4n) is 1.80. The Bertz CT molecular complexity index is 488. The van der Waals surface area contributed by atoms with Gasteiger partial charge in [0.15, 0.2) is 0 Å². The number of hydrogen-bond acceptors (Lipinski definition) is 2. The van der Waals surface area contributed by atoms with Gasteiger partial charge in [-0.1, -0.05) is 28.1 Å². The molecule has 1 aromatic heterocycles. The van der Waals surface area contributed by atoms with Crippen molar-refractivity contribution in [2.75, 3.05) is 6.54 Å². The zero-order valence-electron chi connectivity index (χ0n) is 9.83. The number of nitrogens with one attached hydrogen (secondary N) is 1. The van der Waals surface area contributed by atoms with Gasteiger partial charge in [-0.15, -0.1) is 0 Å². The summed E-state index contributed by atoms with van der Waals surface area (Å²) in [7, 11) is 0. The molecule has 0 unspecified atom stereocenters. The van der Waals surface area contributed by atoms with Crippen LogP contribution in [0.2, 0.25) is 0 Å². The van der Waals surface area contributed by atoms with Gasteiger partial charge in [0.2, 0.25) is 0 Å². The molecule has 2 rings (SSSR count). The number of nitrogens with zero attached hydrogens (tertiary/aromatic N) is 1. The summed E-state index contributed by atoms with van der Waals surface area (Å²) in [6.07, 6.45) is 1.88. The lowest BCUT2D eigenvalue weighted by Gasteiger charge is -1.98. The number of halogens is 1. The number of rotatable bonds is 4. The molecule has 3 N–H and O–H groups in total. The van der Waals surface area contributed by atoms with Gasteiger partial charge in [0, 0.05) is 22.2 Å². The SMILES string of the molecule is Cc1[nH]c(CCCN)nc1-c1ccc(Br)cc1. The second kappa shape index (κ2) is 5.47. The smallest absolute Gasteiger partial charge is 0.107 e. The molecule has 0 aliphatic heterocycles. The maximum atomic E-state index is 5.50. The zero-order valence-corrected chi connectivity index (χ0v) is 11.4. The normalized spacial score (nSPS) is 10.8. The lowest BCUT2D eigenvalue weighted by molar-refractivity contribution is 0.792. The first-order valence-corrected chi connectivity index (χ1v) is 6.51. The molecule has 0 aliphatic carbocycles. The van der Waals surface area contributed by atoms with Crippen LogP contribution in [0.3, 0.4) is 0 Å². The second-order valence-corrected chi connectivity index (χ2v) is 4.97. The Hall–Kier alpha value is -1.13. The van der Waals surface area contributed by atoms with Crippen molar-refractivity contribution < 1.29 is 0 Å². The summed E-state index contributed by atoms with van der Waals surface area (Å²) in [6.45, 7) is 2.75. The van der Waals surface area contributed by atoms with Crippen molar-refractivity contribution in [2.24, 2.45) is 5.73 Å². The molecule has 0 bridgehead atoms. The van der Waals surface area contributed by atoms with E-state index in [0.717, 1.165) is 40.1 Å². The Morgan fingerprint density at radius 2 is 2.00 bits per heavy atom. The zero-order chi connectivity index (χ0) is 12.3. The van der Waals surface area contributed by atoms with E-state index in [2.05, 4.69) is 45.0 Å². The van der Waals surface area contributed by atoms with Gasteiger partial charge in [-0.25, -0.2) is 4.98 Å². The van der Waals surface area contributed by atoms with Gasteiger partial charge in [0.05, 0.1) is 5.69 Å². The predicted octanol–water partition coefficient (Wildman–Crippen LogP) is 3.04. The van der Waals surface area contributed by atoms with E-state index in [1.165, 1.54) is 0 Å². The first-order chi connectivity index (χ1) is 8.20. The second-order valence-electron chi connectivity index (χ2n) is 4.06. The van der Waals surface area contributed by atoms with Crippen LogP contribution in [-0.2, 0) is 6.42 Å². The van der Waals surface area contributed by atoms with Crippen LogP contribution >= 0.6 is 15.9 Å². The standard InChI is InChI=1S/C13H16BrN3/c1-9-13(10-4-6-11(14)7-5-10)17-12(16-9)3-2-8-15/h4-7H,2-3,8,15H2,1H3,(H,16,17). The first-order valence-electron chi connectivity index (χ1n) is 5.72. The number of imidazole rings is 1. The van der Waals surface area contributed by atoms with Crippen LogP contribution in [0, 0.1) is 6.92 Å². The van der Waals surface area contributed by atoms with Crippen molar-refractivity contribution in [3.8, 4) is 11.3 Å². The molecule has 4 heteroatoms. The Morgan fingerprint density at radius 1 is 1.29 bits per heavy atom. The van der Waals surface area contributed by atoms with E-state index in [-0.39, 0.29) is 0 Å². The largest absolute Gasteiger partial charge is 0.346 e. The number of hydrogen-bond donors (Lipinski definition) is 2. The first kappa shape index (κ1) is 12.3. The fraction of sp³-hybridized carbons (Fsp3) is 0.308. The third-order valence-corrected chi connectivity index (χ3v) is 3.20. The molecule has 0 aliphatic rings. The molecule has 3 nitrogen and oxygen atoms in total. The van der Waals surface area contributed by atoms with Gasteiger partial charge >= 0.3 is 0 Å². The highest BCUT2D eigenvalue weighted by Crippen LogP contribution is 2.23. The maximum Gasteiger partial charge on any atom is 0.107 e. The van der Waals surface area contributed by atoms with Crippen molar-refractivity contribution in [3.05, 3.63) is 40.3 Å². The highest BCUT2D eigenvalue weighted by molar-refractivity contribution is 9.10. The third-order valence-electron chi connectivity index (χ3n) is 2.67. The minimum absolute atomic E-state index is 0.702. The van der Waals surface area contributed by atoms with E-state index in [9.17, 15) is 0 Å². The van der Waals surface area contributed by atoms with Crippen molar-refractivity contribution in [1.29, 1.82) is 0 Å². The third kappa shape index (κ3) is 2.96. The number of aryl methyl sites for hydroxylation is 2. The van der Waals surface area contributed by atoms with Gasteiger partial charge in [-0.3, -0.25) is 0 Å². The summed E-state index contributed by atoms with van der Waals surface area (Å²) >= 11 is 3.43. The quantitative estimate of drug-likeness (QED) is 0.910. The van der Waals surface area contributed by atoms with E-state index in [1.807, 2.05) is 12.1 Å². The summed E-state index contributed by atoms with van der Waals surface area (Å²) < 4.78 is 1.08. The molecule has 0 radical (unpaired) electrons. The number of H-pyrrole nitrogens is 1. The van der Waals surface area contributed by atoms with E-state index in [1.54, 1.807) is 0 Å². The molecular formula is C13H16BrN3. The van der Waals surface area contributed by atoms with Crippen molar-refractivity contribution in [2.45, 2.75) is 19.8 Å². The van der Waals surface area contributed by atoms with Gasteiger partial charge in [0.25, 0.3) is 0 Å². The Kier molecular flexibility index (Phi) is 3.97. The molecule has 0 amide bonds. The van der Waals surface area contributed by atoms with Crippen LogP contribution < -0.4 is 5.73 Å². The lowest BCUT2D eigenvalue weighted by Crippen LogP contribution is -2.01. The Labute approximate surface area is 110 Å². The monoisotopic (exact) mass is 293 g/mol. The van der Waals surface area contributed by atoms with Gasteiger partial charge in [-0.05, 0) is 32.0 Å². The summed E-state index contributed by atoms with van der Waals surface area (Å²) in [5, 5.41) is 0. The van der Waals surface area contributed by atoms with Crippen molar-refractivity contribution in [3.63, 3.8) is 0 Å². The van der Waals surface area contributed by atoms with Gasteiger partial charge in [0.1, 0.15) is 5.82 Å². The highest BCUT2D eigenvalue weighted by Gasteiger charge is 2.08. The summed E-state index contributed by atoms with van der Waals surface area (Å²) in [4.78, 5) is 7.93. The van der Waals surface area contributed by atoms with E-state index >= 15 is 0 Å². The number of aromatic nitrogens is 2. The molecule has 90 valence electrons. The number of aromatic amines is 1. The molecule has 1 aromatic carbocycles. The number of benzene rings is 1. The predicted molar refractivity (Wildman–Crippen MR) is 73.8 cm³/mol. The molecule has 17 heavy (non-hydrogen) atoms. The molecule has 1 heterocycles. The summed E-state index contributed by atoms with van der Waals surface area (Å²) in [6, 6.07) is 8.20. The van der Waals surface area contributed by atoms with Gasteiger partial charge < -0.3 is 10.7 Å². The lowest BCUT2D eigenvalue weighted by atomic mass is 10.1. The van der Waals surface area contributed by atoms with Crippen molar-refractivity contribution in [1.82, 2.24) is 9.97 Å². The average Bonchev–Trinajstić information content (AvgIpc) is 2.69. The molecular weight excluding hydrogens is 278 g/mol. The van der Waals surface area contributed by atoms with Crippen LogP contribution in [0.1, 0.15) is 17.9 Å². The van der Waals surface area contributed by atoms with Crippen LogP contribution in [0.4, 0.5) is 0 Å². The molecule has 0 saturated carbocycles. The van der Waals surface area contributed by atoms with Crippen LogP contribution in [0.5, 0.6) is 0 Å². The topological polar surface area (TPSA) is 54.7 Å². The van der Waals surface area contributed by atoms with E-state index in [4.69, 9.17) is 5.73 Å². The Morgan fingerprint density at radius 3 is 2.65 bits per heavy atom. The van der Waals surface area contributed by atoms with Gasteiger partial charge in [-0.2, -0.15) is 0 Å². The average molecular weight is 294 g/mol. The van der Waals surface area contributed by atoms with Crippen LogP contribution in [0.15, 0.2) is 28.7 Å². The van der Waals surface area contributed by atoms with E-state index < -0.39 is 0 Å². The summed E-state index contributed by atoms with van der Waals surface area (Å²) in [5.74, 6) is 1.02. The minimum Gasteiger partial charge on any atom is -0.346 e. The molecule has 0 fully saturated rings. The molecule has 0 atom stereocenters. The van der Waals surface area contributed by atoms with Crippen LogP contribution in [-0.4, -0.2) is 16.5 Å². The molecule has 0 saturated heterocycles.